The van der Waals surface area contributed by atoms with Crippen LogP contribution < -0.4 is 0 Å². The van der Waals surface area contributed by atoms with Gasteiger partial charge in [-0.3, -0.25) is 4.98 Å². The van der Waals surface area contributed by atoms with E-state index < -0.39 is 0 Å². The molecular weight excluding hydrogens is 300 g/mol. The number of pyridine rings is 1. The molecule has 0 aliphatic carbocycles. The maximum absolute atomic E-state index is 12.6. The molecule has 4 rings (SSSR count). The highest BCUT2D eigenvalue weighted by molar-refractivity contribution is 6.19. The summed E-state index contributed by atoms with van der Waals surface area (Å²) < 4.78 is 7.13. The van der Waals surface area contributed by atoms with Crippen molar-refractivity contribution >= 4 is 27.8 Å². The Kier molecular flexibility index (Phi) is 3.31. The van der Waals surface area contributed by atoms with Crippen molar-refractivity contribution in [3.05, 3.63) is 66.4 Å². The lowest BCUT2D eigenvalue weighted by Gasteiger charge is -2.09. The van der Waals surface area contributed by atoms with E-state index in [-0.39, 0.29) is 5.97 Å². The molecule has 0 saturated heterocycles. The summed E-state index contributed by atoms with van der Waals surface area (Å²) in [4.78, 5) is 17.2. The standard InChI is InChI=1S/C20H16N2O2/c1-22-15-11-7-6-10-14(15)17-16(22)12-21-19(18(17)20(23)24-2)13-8-4-3-5-9-13/h3-12H,1-2H3. The summed E-state index contributed by atoms with van der Waals surface area (Å²) in [5.41, 5.74) is 4.03. The second kappa shape index (κ2) is 5.49. The molecule has 0 N–H and O–H groups in total. The summed E-state index contributed by atoms with van der Waals surface area (Å²) >= 11 is 0. The van der Waals surface area contributed by atoms with E-state index >= 15 is 0 Å². The first-order valence-electron chi connectivity index (χ1n) is 7.72. The van der Waals surface area contributed by atoms with Gasteiger partial charge in [0, 0.05) is 28.9 Å². The summed E-state index contributed by atoms with van der Waals surface area (Å²) in [6, 6.07) is 17.7. The zero-order chi connectivity index (χ0) is 16.7. The van der Waals surface area contributed by atoms with Crippen molar-refractivity contribution in [3.63, 3.8) is 0 Å². The largest absolute Gasteiger partial charge is 0.465 e. The van der Waals surface area contributed by atoms with E-state index in [0.29, 0.717) is 11.3 Å². The minimum atomic E-state index is -0.372. The van der Waals surface area contributed by atoms with Gasteiger partial charge < -0.3 is 9.30 Å². The van der Waals surface area contributed by atoms with Crippen molar-refractivity contribution in [3.8, 4) is 11.3 Å². The molecule has 0 radical (unpaired) electrons. The molecule has 0 aliphatic rings. The number of rotatable bonds is 2. The number of aromatic nitrogens is 2. The van der Waals surface area contributed by atoms with Crippen LogP contribution in [0.4, 0.5) is 0 Å². The number of esters is 1. The fourth-order valence-electron chi connectivity index (χ4n) is 3.25. The van der Waals surface area contributed by atoms with Crippen LogP contribution in [-0.4, -0.2) is 22.6 Å². The third-order valence-electron chi connectivity index (χ3n) is 4.39. The molecule has 24 heavy (non-hydrogen) atoms. The minimum absolute atomic E-state index is 0.372. The molecule has 2 heterocycles. The van der Waals surface area contributed by atoms with Gasteiger partial charge in [0.15, 0.2) is 0 Å². The molecule has 118 valence electrons. The van der Waals surface area contributed by atoms with Crippen LogP contribution in [0.5, 0.6) is 0 Å². The van der Waals surface area contributed by atoms with Crippen LogP contribution in [0, 0.1) is 0 Å². The molecule has 0 saturated carbocycles. The lowest BCUT2D eigenvalue weighted by Crippen LogP contribution is -2.06. The summed E-state index contributed by atoms with van der Waals surface area (Å²) in [6.45, 7) is 0. The van der Waals surface area contributed by atoms with Crippen LogP contribution in [0.3, 0.4) is 0 Å². The topological polar surface area (TPSA) is 44.1 Å². The van der Waals surface area contributed by atoms with Crippen LogP contribution in [0.15, 0.2) is 60.8 Å². The summed E-state index contributed by atoms with van der Waals surface area (Å²) in [7, 11) is 3.39. The first kappa shape index (κ1) is 14.5. The van der Waals surface area contributed by atoms with E-state index in [0.717, 1.165) is 27.4 Å². The van der Waals surface area contributed by atoms with Crippen LogP contribution >= 0.6 is 0 Å². The first-order valence-corrected chi connectivity index (χ1v) is 7.72. The van der Waals surface area contributed by atoms with Crippen molar-refractivity contribution in [2.75, 3.05) is 7.11 Å². The fraction of sp³-hybridized carbons (Fsp3) is 0.100. The van der Waals surface area contributed by atoms with Gasteiger partial charge in [-0.25, -0.2) is 4.79 Å². The molecule has 0 aliphatic heterocycles. The molecule has 4 heteroatoms. The highest BCUT2D eigenvalue weighted by atomic mass is 16.5. The van der Waals surface area contributed by atoms with Crippen molar-refractivity contribution in [1.82, 2.24) is 9.55 Å². The molecule has 2 aromatic heterocycles. The van der Waals surface area contributed by atoms with Gasteiger partial charge in [-0.05, 0) is 6.07 Å². The highest BCUT2D eigenvalue weighted by Crippen LogP contribution is 2.35. The Labute approximate surface area is 139 Å². The summed E-state index contributed by atoms with van der Waals surface area (Å²) in [5, 5.41) is 1.91. The number of benzene rings is 2. The molecule has 0 fully saturated rings. The van der Waals surface area contributed by atoms with Gasteiger partial charge in [0.05, 0.1) is 30.1 Å². The number of aryl methyl sites for hydroxylation is 1. The van der Waals surface area contributed by atoms with E-state index in [2.05, 4.69) is 9.55 Å². The molecule has 0 bridgehead atoms. The summed E-state index contributed by atoms with van der Waals surface area (Å²) in [6.07, 6.45) is 1.82. The Morgan fingerprint density at radius 3 is 2.46 bits per heavy atom. The van der Waals surface area contributed by atoms with E-state index in [9.17, 15) is 4.79 Å². The maximum atomic E-state index is 12.6. The Morgan fingerprint density at radius 1 is 1.00 bits per heavy atom. The molecular formula is C20H16N2O2. The Hall–Kier alpha value is -3.14. The number of fused-ring (bicyclic) bond motifs is 3. The number of carbonyl (C=O) groups is 1. The monoisotopic (exact) mass is 316 g/mol. The molecule has 0 amide bonds. The van der Waals surface area contributed by atoms with E-state index in [1.165, 1.54) is 7.11 Å². The maximum Gasteiger partial charge on any atom is 0.340 e. The second-order valence-electron chi connectivity index (χ2n) is 5.68. The van der Waals surface area contributed by atoms with Gasteiger partial charge in [-0.2, -0.15) is 0 Å². The average molecular weight is 316 g/mol. The van der Waals surface area contributed by atoms with Crippen LogP contribution in [0.25, 0.3) is 33.1 Å². The predicted molar refractivity (Wildman–Crippen MR) is 95.0 cm³/mol. The van der Waals surface area contributed by atoms with Crippen LogP contribution in [0.2, 0.25) is 0 Å². The number of nitrogens with zero attached hydrogens (tertiary/aromatic N) is 2. The molecule has 0 spiro atoms. The number of para-hydroxylation sites is 1. The predicted octanol–water partition coefficient (Wildman–Crippen LogP) is 4.18. The van der Waals surface area contributed by atoms with Crippen molar-refractivity contribution in [2.24, 2.45) is 7.05 Å². The number of carbonyl (C=O) groups excluding carboxylic acids is 1. The second-order valence-corrected chi connectivity index (χ2v) is 5.68. The lowest BCUT2D eigenvalue weighted by molar-refractivity contribution is 0.0603. The zero-order valence-electron chi connectivity index (χ0n) is 13.5. The van der Waals surface area contributed by atoms with E-state index in [4.69, 9.17) is 4.74 Å². The number of hydrogen-bond acceptors (Lipinski definition) is 3. The molecule has 4 nitrogen and oxygen atoms in total. The zero-order valence-corrected chi connectivity index (χ0v) is 13.5. The van der Waals surface area contributed by atoms with Crippen LogP contribution in [0.1, 0.15) is 10.4 Å². The smallest absolute Gasteiger partial charge is 0.340 e. The van der Waals surface area contributed by atoms with Gasteiger partial charge in [-0.15, -0.1) is 0 Å². The first-order chi connectivity index (χ1) is 11.7. The average Bonchev–Trinajstić information content (AvgIpc) is 2.94. The summed E-state index contributed by atoms with van der Waals surface area (Å²) in [5.74, 6) is -0.372. The van der Waals surface area contributed by atoms with Gasteiger partial charge in [0.1, 0.15) is 0 Å². The fourth-order valence-corrected chi connectivity index (χ4v) is 3.25. The van der Waals surface area contributed by atoms with Gasteiger partial charge in [0.2, 0.25) is 0 Å². The minimum Gasteiger partial charge on any atom is -0.465 e. The third-order valence-corrected chi connectivity index (χ3v) is 4.39. The Morgan fingerprint density at radius 2 is 1.71 bits per heavy atom. The van der Waals surface area contributed by atoms with E-state index in [1.807, 2.05) is 67.8 Å². The van der Waals surface area contributed by atoms with Gasteiger partial charge in [-0.1, -0.05) is 48.5 Å². The highest BCUT2D eigenvalue weighted by Gasteiger charge is 2.22. The van der Waals surface area contributed by atoms with E-state index in [1.54, 1.807) is 0 Å². The van der Waals surface area contributed by atoms with Gasteiger partial charge >= 0.3 is 5.97 Å². The molecule has 0 atom stereocenters. The quantitative estimate of drug-likeness (QED) is 0.521. The Balaban J connectivity index is 2.20. The van der Waals surface area contributed by atoms with Gasteiger partial charge in [0.25, 0.3) is 0 Å². The number of ether oxygens (including phenoxy) is 1. The molecule has 4 aromatic rings. The Bertz CT molecular complexity index is 1070. The number of methoxy groups -OCH3 is 1. The lowest BCUT2D eigenvalue weighted by atomic mass is 10.0. The van der Waals surface area contributed by atoms with Crippen molar-refractivity contribution in [2.45, 2.75) is 0 Å². The van der Waals surface area contributed by atoms with Crippen molar-refractivity contribution < 1.29 is 9.53 Å². The normalized spacial score (nSPS) is 11.1. The SMILES string of the molecule is COC(=O)c1c(-c2ccccc2)ncc2c1c1ccccc1n2C. The van der Waals surface area contributed by atoms with Crippen molar-refractivity contribution in [1.29, 1.82) is 0 Å². The molecule has 2 aromatic carbocycles. The molecule has 0 unspecified atom stereocenters. The van der Waals surface area contributed by atoms with Crippen LogP contribution in [-0.2, 0) is 11.8 Å². The number of hydrogen-bond donors (Lipinski definition) is 0. The third kappa shape index (κ3) is 2.00.